The molecule has 0 radical (unpaired) electrons. The quantitative estimate of drug-likeness (QED) is 0.217. The number of carbonyl (C=O) groups excluding carboxylic acids is 1. The Labute approximate surface area is 167 Å². The minimum absolute atomic E-state index is 0.110. The van der Waals surface area contributed by atoms with Gasteiger partial charge in [0.25, 0.3) is 11.2 Å². The lowest BCUT2D eigenvalue weighted by atomic mass is 10.1. The van der Waals surface area contributed by atoms with E-state index in [1.54, 1.807) is 12.1 Å². The number of para-hydroxylation sites is 2. The van der Waals surface area contributed by atoms with Gasteiger partial charge in [-0.1, -0.05) is 35.6 Å². The number of carbonyl (C=O) groups is 1. The number of nitro benzene ring substituents is 1. The Kier molecular flexibility index (Phi) is 4.88. The van der Waals surface area contributed by atoms with Gasteiger partial charge in [-0.15, -0.1) is 0 Å². The normalized spacial score (nSPS) is 11.3. The number of benzene rings is 2. The first-order valence-electron chi connectivity index (χ1n) is 8.51. The number of hydrogen-bond donors (Lipinski definition) is 0. The molecule has 2 heterocycles. The first-order valence-corrected chi connectivity index (χ1v) is 9.33. The second kappa shape index (κ2) is 7.64. The Balaban J connectivity index is 1.51. The summed E-state index contributed by atoms with van der Waals surface area (Å²) in [6.45, 7) is -0.181. The van der Waals surface area contributed by atoms with Crippen LogP contribution in [0.4, 0.5) is 5.69 Å². The maximum absolute atomic E-state index is 12.4. The number of esters is 1. The third kappa shape index (κ3) is 3.76. The van der Waals surface area contributed by atoms with Gasteiger partial charge in [0, 0.05) is 18.2 Å². The molecular formula is C20H13N3O5S. The first-order chi connectivity index (χ1) is 14.0. The fraction of sp³-hybridized carbons (Fsp3) is 0.0500. The number of nitrogens with zero attached hydrogens (tertiary/aromatic N) is 3. The highest BCUT2D eigenvalue weighted by Crippen LogP contribution is 2.23. The highest BCUT2D eigenvalue weighted by molar-refractivity contribution is 7.23. The van der Waals surface area contributed by atoms with Crippen LogP contribution in [0.25, 0.3) is 21.3 Å². The van der Waals surface area contributed by atoms with Crippen LogP contribution >= 0.6 is 11.3 Å². The molecule has 8 nitrogen and oxygen atoms in total. The van der Waals surface area contributed by atoms with Crippen molar-refractivity contribution in [1.82, 2.24) is 9.38 Å². The van der Waals surface area contributed by atoms with Crippen LogP contribution in [0.15, 0.2) is 65.5 Å². The molecule has 0 unspecified atom stereocenters. The Morgan fingerprint density at radius 2 is 1.97 bits per heavy atom. The molecule has 0 spiro atoms. The Hall–Kier alpha value is -3.85. The van der Waals surface area contributed by atoms with Crippen molar-refractivity contribution in [2.45, 2.75) is 6.61 Å². The van der Waals surface area contributed by atoms with Crippen molar-refractivity contribution in [1.29, 1.82) is 0 Å². The average Bonchev–Trinajstić information content (AvgIpc) is 3.09. The molecular weight excluding hydrogens is 394 g/mol. The molecule has 4 aromatic rings. The molecule has 29 heavy (non-hydrogen) atoms. The van der Waals surface area contributed by atoms with E-state index in [9.17, 15) is 19.7 Å². The number of rotatable bonds is 5. The largest absolute Gasteiger partial charge is 0.456 e. The summed E-state index contributed by atoms with van der Waals surface area (Å²) in [6.07, 6.45) is 2.42. The molecule has 0 amide bonds. The number of ether oxygens (including phenoxy) is 1. The minimum atomic E-state index is -0.693. The van der Waals surface area contributed by atoms with E-state index in [0.717, 1.165) is 16.3 Å². The van der Waals surface area contributed by atoms with Gasteiger partial charge in [-0.3, -0.25) is 19.3 Å². The molecule has 0 aliphatic rings. The number of fused-ring (bicyclic) bond motifs is 3. The van der Waals surface area contributed by atoms with Gasteiger partial charge >= 0.3 is 5.97 Å². The summed E-state index contributed by atoms with van der Waals surface area (Å²) in [5, 5.41) is 11.0. The van der Waals surface area contributed by atoms with Gasteiger partial charge in [0.1, 0.15) is 6.61 Å². The molecule has 9 heteroatoms. The van der Waals surface area contributed by atoms with Crippen LogP contribution in [0, 0.1) is 10.1 Å². The summed E-state index contributed by atoms with van der Waals surface area (Å²) >= 11 is 1.37. The number of thiazole rings is 1. The third-order valence-corrected chi connectivity index (χ3v) is 5.16. The van der Waals surface area contributed by atoms with Crippen LogP contribution in [0.1, 0.15) is 11.3 Å². The summed E-state index contributed by atoms with van der Waals surface area (Å²) in [7, 11) is 0. The average molecular weight is 407 g/mol. The number of aromatic nitrogens is 2. The third-order valence-electron chi connectivity index (χ3n) is 4.14. The molecule has 2 aromatic heterocycles. The van der Waals surface area contributed by atoms with Crippen molar-refractivity contribution in [3.05, 3.63) is 92.4 Å². The zero-order chi connectivity index (χ0) is 20.4. The summed E-state index contributed by atoms with van der Waals surface area (Å²) in [4.78, 5) is 39.8. The fourth-order valence-corrected chi connectivity index (χ4v) is 3.89. The fourth-order valence-electron chi connectivity index (χ4n) is 2.84. The van der Waals surface area contributed by atoms with Gasteiger partial charge < -0.3 is 4.74 Å². The van der Waals surface area contributed by atoms with Crippen molar-refractivity contribution in [3.8, 4) is 0 Å². The maximum atomic E-state index is 12.4. The number of hydrogen-bond acceptors (Lipinski definition) is 7. The number of nitro groups is 1. The van der Waals surface area contributed by atoms with Crippen molar-refractivity contribution in [2.75, 3.05) is 0 Å². The van der Waals surface area contributed by atoms with Gasteiger partial charge in [0.15, 0.2) is 4.96 Å². The van der Waals surface area contributed by atoms with Gasteiger partial charge in [-0.2, -0.15) is 0 Å². The summed E-state index contributed by atoms with van der Waals surface area (Å²) < 4.78 is 7.57. The molecule has 0 atom stereocenters. The van der Waals surface area contributed by atoms with Gasteiger partial charge in [0.05, 0.1) is 26.4 Å². The zero-order valence-electron chi connectivity index (χ0n) is 14.8. The molecule has 4 rings (SSSR count). The van der Waals surface area contributed by atoms with Crippen molar-refractivity contribution in [2.24, 2.45) is 0 Å². The van der Waals surface area contributed by atoms with Gasteiger partial charge in [-0.25, -0.2) is 9.78 Å². The Morgan fingerprint density at radius 3 is 2.79 bits per heavy atom. The molecule has 0 bridgehead atoms. The molecule has 0 N–H and O–H groups in total. The monoisotopic (exact) mass is 407 g/mol. The van der Waals surface area contributed by atoms with E-state index < -0.39 is 10.9 Å². The van der Waals surface area contributed by atoms with E-state index in [0.29, 0.717) is 10.7 Å². The Morgan fingerprint density at radius 1 is 1.21 bits per heavy atom. The van der Waals surface area contributed by atoms with Crippen LogP contribution in [0.2, 0.25) is 0 Å². The smallest absolute Gasteiger partial charge is 0.331 e. The van der Waals surface area contributed by atoms with Crippen LogP contribution in [-0.2, 0) is 16.1 Å². The van der Waals surface area contributed by atoms with Crippen LogP contribution < -0.4 is 5.56 Å². The highest BCUT2D eigenvalue weighted by Gasteiger charge is 2.12. The first kappa shape index (κ1) is 18.5. The molecule has 144 valence electrons. The Bertz CT molecular complexity index is 1340. The van der Waals surface area contributed by atoms with Crippen molar-refractivity contribution >= 4 is 44.2 Å². The van der Waals surface area contributed by atoms with Crippen molar-refractivity contribution in [3.63, 3.8) is 0 Å². The summed E-state index contributed by atoms with van der Waals surface area (Å²) in [6, 6.07) is 14.9. The van der Waals surface area contributed by atoms with E-state index in [4.69, 9.17) is 4.74 Å². The summed E-state index contributed by atoms with van der Waals surface area (Å²) in [5.41, 5.74) is 1.03. The minimum Gasteiger partial charge on any atom is -0.456 e. The van der Waals surface area contributed by atoms with Gasteiger partial charge in [-0.05, 0) is 24.3 Å². The zero-order valence-corrected chi connectivity index (χ0v) is 15.7. The summed E-state index contributed by atoms with van der Waals surface area (Å²) in [5.74, 6) is -0.693. The second-order valence-electron chi connectivity index (χ2n) is 6.03. The molecule has 0 aliphatic carbocycles. The standard InChI is InChI=1S/C20H13N3O5S/c24-18-11-14(21-20-22(18)16-7-3-4-8-17(16)29-20)12-28-19(25)10-9-13-5-1-2-6-15(13)23(26)27/h1-11H,12H2/b10-9+. The van der Waals surface area contributed by atoms with E-state index in [2.05, 4.69) is 4.98 Å². The topological polar surface area (TPSA) is 104 Å². The lowest BCUT2D eigenvalue weighted by Gasteiger charge is -2.02. The molecule has 0 aliphatic heterocycles. The van der Waals surface area contributed by atoms with Gasteiger partial charge in [0.2, 0.25) is 0 Å². The van der Waals surface area contributed by atoms with Crippen LogP contribution in [0.3, 0.4) is 0 Å². The van der Waals surface area contributed by atoms with E-state index >= 15 is 0 Å². The lowest BCUT2D eigenvalue weighted by Crippen LogP contribution is -2.15. The maximum Gasteiger partial charge on any atom is 0.331 e. The second-order valence-corrected chi connectivity index (χ2v) is 7.04. The predicted octanol–water partition coefficient (Wildman–Crippen LogP) is 3.57. The van der Waals surface area contributed by atoms with E-state index in [1.165, 1.54) is 40.0 Å². The SMILES string of the molecule is O=C(/C=C/c1ccccc1[N+](=O)[O-])OCc1cc(=O)n2c(n1)sc1ccccc12. The molecule has 0 fully saturated rings. The molecule has 0 saturated carbocycles. The van der Waals surface area contributed by atoms with Crippen molar-refractivity contribution < 1.29 is 14.5 Å². The predicted molar refractivity (Wildman–Crippen MR) is 109 cm³/mol. The molecule has 0 saturated heterocycles. The highest BCUT2D eigenvalue weighted by atomic mass is 32.1. The van der Waals surface area contributed by atoms with Crippen LogP contribution in [-0.4, -0.2) is 20.3 Å². The lowest BCUT2D eigenvalue weighted by molar-refractivity contribution is -0.385. The van der Waals surface area contributed by atoms with E-state index in [-0.39, 0.29) is 23.4 Å². The van der Waals surface area contributed by atoms with E-state index in [1.807, 2.05) is 24.3 Å². The van der Waals surface area contributed by atoms with Crippen LogP contribution in [0.5, 0.6) is 0 Å². The molecule has 2 aromatic carbocycles.